The van der Waals surface area contributed by atoms with Crippen LogP contribution in [0.5, 0.6) is 11.8 Å². The molecule has 2 aromatic heterocycles. The van der Waals surface area contributed by atoms with E-state index in [1.54, 1.807) is 49.6 Å². The number of esters is 1. The van der Waals surface area contributed by atoms with Gasteiger partial charge in [-0.2, -0.15) is 10.3 Å². The summed E-state index contributed by atoms with van der Waals surface area (Å²) in [5.74, 6) is -0.0135. The van der Waals surface area contributed by atoms with Crippen molar-refractivity contribution >= 4 is 5.97 Å². The van der Waals surface area contributed by atoms with Crippen molar-refractivity contribution in [1.29, 1.82) is 0 Å². The second-order valence-corrected chi connectivity index (χ2v) is 4.40. The molecule has 0 spiro atoms. The van der Waals surface area contributed by atoms with Gasteiger partial charge in [0.25, 0.3) is 0 Å². The summed E-state index contributed by atoms with van der Waals surface area (Å²) >= 11 is 0. The van der Waals surface area contributed by atoms with Crippen molar-refractivity contribution in [3.63, 3.8) is 0 Å². The van der Waals surface area contributed by atoms with Gasteiger partial charge in [-0.25, -0.2) is 14.8 Å². The van der Waals surface area contributed by atoms with Gasteiger partial charge in [-0.05, 0) is 25.1 Å². The Bertz CT molecular complexity index is 804. The summed E-state index contributed by atoms with van der Waals surface area (Å²) in [7, 11) is 0. The third-order valence-electron chi connectivity index (χ3n) is 2.88. The average Bonchev–Trinajstić information content (AvgIpc) is 3.06. The number of nitrogens with zero attached hydrogens (tertiary/aromatic N) is 4. The lowest BCUT2D eigenvalue weighted by molar-refractivity contribution is 0.0520. The van der Waals surface area contributed by atoms with Crippen LogP contribution >= 0.6 is 0 Å². The van der Waals surface area contributed by atoms with Gasteiger partial charge >= 0.3 is 12.0 Å². The summed E-state index contributed by atoms with van der Waals surface area (Å²) in [4.78, 5) is 19.9. The minimum Gasteiger partial charge on any atom is -0.461 e. The van der Waals surface area contributed by atoms with E-state index >= 15 is 0 Å². The highest BCUT2D eigenvalue weighted by Gasteiger charge is 2.19. The van der Waals surface area contributed by atoms with Crippen LogP contribution in [0.15, 0.2) is 42.7 Å². The van der Waals surface area contributed by atoms with Gasteiger partial charge in [0.05, 0.1) is 6.61 Å². The van der Waals surface area contributed by atoms with E-state index in [0.717, 1.165) is 0 Å². The van der Waals surface area contributed by atoms with Gasteiger partial charge in [-0.15, -0.1) is 5.10 Å². The number of hydrogen-bond acceptors (Lipinski definition) is 7. The monoisotopic (exact) mass is 311 g/mol. The molecule has 0 atom stereocenters. The molecule has 0 saturated heterocycles. The Balaban J connectivity index is 1.89. The van der Waals surface area contributed by atoms with E-state index in [1.165, 1.54) is 0 Å². The molecule has 23 heavy (non-hydrogen) atoms. The number of rotatable bonds is 5. The van der Waals surface area contributed by atoms with Crippen LogP contribution in [0.1, 0.15) is 17.4 Å². The molecular formula is C15H13N5O3. The molecule has 0 radical (unpaired) electrons. The molecule has 0 aliphatic rings. The van der Waals surface area contributed by atoms with E-state index in [4.69, 9.17) is 9.47 Å². The second-order valence-electron chi connectivity index (χ2n) is 4.40. The molecule has 116 valence electrons. The zero-order valence-corrected chi connectivity index (χ0v) is 12.3. The van der Waals surface area contributed by atoms with Crippen molar-refractivity contribution in [2.75, 3.05) is 6.61 Å². The largest absolute Gasteiger partial charge is 0.461 e. The Kier molecular flexibility index (Phi) is 4.23. The van der Waals surface area contributed by atoms with Gasteiger partial charge in [0, 0.05) is 18.0 Å². The quantitative estimate of drug-likeness (QED) is 0.720. The molecule has 8 heteroatoms. The Morgan fingerprint density at radius 3 is 2.78 bits per heavy atom. The third kappa shape index (κ3) is 3.31. The first kappa shape index (κ1) is 14.6. The third-order valence-corrected chi connectivity index (χ3v) is 2.88. The highest BCUT2D eigenvalue weighted by atomic mass is 16.5. The lowest BCUT2D eigenvalue weighted by Gasteiger charge is -2.05. The van der Waals surface area contributed by atoms with E-state index in [-0.39, 0.29) is 18.3 Å². The van der Waals surface area contributed by atoms with Gasteiger partial charge in [-0.1, -0.05) is 12.1 Å². The molecule has 0 saturated carbocycles. The van der Waals surface area contributed by atoms with Crippen molar-refractivity contribution in [2.45, 2.75) is 6.92 Å². The number of nitrogens with one attached hydrogen (secondary N) is 1. The molecule has 8 nitrogen and oxygen atoms in total. The van der Waals surface area contributed by atoms with Crippen LogP contribution in [0, 0.1) is 0 Å². The molecule has 3 aromatic rings. The molecule has 0 aliphatic carbocycles. The molecule has 0 bridgehead atoms. The topological polar surface area (TPSA) is 103 Å². The van der Waals surface area contributed by atoms with E-state index in [1.807, 2.05) is 0 Å². The summed E-state index contributed by atoms with van der Waals surface area (Å²) in [6.07, 6.45) is 3.17. The van der Waals surface area contributed by atoms with Gasteiger partial charge in [-0.3, -0.25) is 0 Å². The van der Waals surface area contributed by atoms with Crippen LogP contribution in [0.25, 0.3) is 11.3 Å². The van der Waals surface area contributed by atoms with Crippen LogP contribution in [-0.2, 0) is 4.74 Å². The zero-order chi connectivity index (χ0) is 16.1. The first-order valence-corrected chi connectivity index (χ1v) is 6.91. The van der Waals surface area contributed by atoms with E-state index in [0.29, 0.717) is 17.0 Å². The first-order chi connectivity index (χ1) is 11.3. The molecule has 0 aliphatic heterocycles. The van der Waals surface area contributed by atoms with Crippen LogP contribution < -0.4 is 4.74 Å². The standard InChI is InChI=1S/C15H13N5O3/c1-2-22-14(21)13-12(18-20-19-13)10-5-3-6-11(9-10)23-15-16-7-4-8-17-15/h3-9H,2H2,1H3,(H,18,19,20). The maximum absolute atomic E-state index is 11.9. The van der Waals surface area contributed by atoms with Crippen LogP contribution in [0.2, 0.25) is 0 Å². The number of aromatic nitrogens is 5. The lowest BCUT2D eigenvalue weighted by atomic mass is 10.1. The summed E-state index contributed by atoms with van der Waals surface area (Å²) in [5, 5.41) is 10.3. The molecule has 3 rings (SSSR count). The zero-order valence-electron chi connectivity index (χ0n) is 12.3. The fourth-order valence-corrected chi connectivity index (χ4v) is 1.92. The number of aromatic amines is 1. The number of carbonyl (C=O) groups excluding carboxylic acids is 1. The van der Waals surface area contributed by atoms with E-state index in [2.05, 4.69) is 25.4 Å². The molecule has 0 unspecified atom stereocenters. The summed E-state index contributed by atoms with van der Waals surface area (Å²) in [6.45, 7) is 1.99. The second kappa shape index (κ2) is 6.65. The Labute approximate surface area is 131 Å². The minimum absolute atomic E-state index is 0.125. The average molecular weight is 311 g/mol. The molecular weight excluding hydrogens is 298 g/mol. The smallest absolute Gasteiger partial charge is 0.361 e. The van der Waals surface area contributed by atoms with Crippen molar-refractivity contribution in [3.05, 3.63) is 48.4 Å². The molecule has 1 aromatic carbocycles. The predicted octanol–water partition coefficient (Wildman–Crippen LogP) is 2.23. The Morgan fingerprint density at radius 2 is 2.00 bits per heavy atom. The van der Waals surface area contributed by atoms with Gasteiger partial charge < -0.3 is 9.47 Å². The number of H-pyrrole nitrogens is 1. The highest BCUT2D eigenvalue weighted by molar-refractivity contribution is 5.93. The van der Waals surface area contributed by atoms with Crippen molar-refractivity contribution < 1.29 is 14.3 Å². The normalized spacial score (nSPS) is 10.3. The number of hydrogen-bond donors (Lipinski definition) is 1. The summed E-state index contributed by atoms with van der Waals surface area (Å²) in [5.41, 5.74) is 1.18. The molecule has 2 heterocycles. The molecule has 1 N–H and O–H groups in total. The van der Waals surface area contributed by atoms with Crippen molar-refractivity contribution in [1.82, 2.24) is 25.4 Å². The molecule has 0 amide bonds. The van der Waals surface area contributed by atoms with Crippen molar-refractivity contribution in [2.24, 2.45) is 0 Å². The van der Waals surface area contributed by atoms with E-state index in [9.17, 15) is 4.79 Å². The van der Waals surface area contributed by atoms with Gasteiger partial charge in [0.15, 0.2) is 5.69 Å². The predicted molar refractivity (Wildman–Crippen MR) is 79.9 cm³/mol. The lowest BCUT2D eigenvalue weighted by Crippen LogP contribution is -2.06. The Morgan fingerprint density at radius 1 is 1.17 bits per heavy atom. The Hall–Kier alpha value is -3.29. The van der Waals surface area contributed by atoms with Gasteiger partial charge in [0.1, 0.15) is 11.4 Å². The maximum Gasteiger partial charge on any atom is 0.361 e. The first-order valence-electron chi connectivity index (χ1n) is 6.91. The fourth-order valence-electron chi connectivity index (χ4n) is 1.92. The fraction of sp³-hybridized carbons (Fsp3) is 0.133. The SMILES string of the molecule is CCOC(=O)c1n[nH]nc1-c1cccc(Oc2ncccn2)c1. The van der Waals surface area contributed by atoms with Gasteiger partial charge in [0.2, 0.25) is 0 Å². The van der Waals surface area contributed by atoms with Crippen LogP contribution in [0.3, 0.4) is 0 Å². The maximum atomic E-state index is 11.9. The van der Waals surface area contributed by atoms with Crippen LogP contribution in [0.4, 0.5) is 0 Å². The van der Waals surface area contributed by atoms with Crippen LogP contribution in [-0.4, -0.2) is 38.0 Å². The highest BCUT2D eigenvalue weighted by Crippen LogP contribution is 2.26. The summed E-state index contributed by atoms with van der Waals surface area (Å²) in [6, 6.07) is 8.97. The number of benzene rings is 1. The van der Waals surface area contributed by atoms with E-state index < -0.39 is 5.97 Å². The summed E-state index contributed by atoms with van der Waals surface area (Å²) < 4.78 is 10.5. The molecule has 0 fully saturated rings. The number of ether oxygens (including phenoxy) is 2. The minimum atomic E-state index is -0.533. The van der Waals surface area contributed by atoms with Crippen molar-refractivity contribution in [3.8, 4) is 23.0 Å². The number of carbonyl (C=O) groups is 1.